The van der Waals surface area contributed by atoms with Crippen LogP contribution in [0.5, 0.6) is 0 Å². The Balaban J connectivity index is 1.84. The van der Waals surface area contributed by atoms with Gasteiger partial charge in [0, 0.05) is 42.2 Å². The standard InChI is InChI=1S/C11H12N6S/c12-16-10(8-4-13-7-14-5-8)3-9-6-17-1-2-18-11(17)15-9/h1-2,4-7,10,16H,3,12H2. The molecule has 0 aliphatic rings. The SMILES string of the molecule is NNC(Cc1cn2ccsc2n1)c1cncnc1. The Morgan fingerprint density at radius 3 is 2.94 bits per heavy atom. The number of rotatable bonds is 4. The van der Waals surface area contributed by atoms with Crippen molar-refractivity contribution < 1.29 is 0 Å². The van der Waals surface area contributed by atoms with E-state index >= 15 is 0 Å². The summed E-state index contributed by atoms with van der Waals surface area (Å²) in [7, 11) is 0. The number of nitrogens with one attached hydrogen (secondary N) is 1. The highest BCUT2D eigenvalue weighted by atomic mass is 32.1. The Hall–Kier alpha value is -1.83. The van der Waals surface area contributed by atoms with Crippen LogP contribution in [0.4, 0.5) is 0 Å². The summed E-state index contributed by atoms with van der Waals surface area (Å²) in [6.45, 7) is 0. The number of aromatic nitrogens is 4. The van der Waals surface area contributed by atoms with Crippen molar-refractivity contribution in [3.05, 3.63) is 47.8 Å². The highest BCUT2D eigenvalue weighted by Crippen LogP contribution is 2.18. The van der Waals surface area contributed by atoms with Crippen molar-refractivity contribution in [3.8, 4) is 0 Å². The minimum atomic E-state index is -0.0317. The number of hydrogen-bond acceptors (Lipinski definition) is 6. The van der Waals surface area contributed by atoms with Gasteiger partial charge in [-0.05, 0) is 0 Å². The van der Waals surface area contributed by atoms with E-state index in [1.54, 1.807) is 23.7 Å². The largest absolute Gasteiger partial charge is 0.297 e. The first-order chi connectivity index (χ1) is 8.86. The molecule has 6 nitrogen and oxygen atoms in total. The van der Waals surface area contributed by atoms with Crippen LogP contribution in [0.25, 0.3) is 4.96 Å². The lowest BCUT2D eigenvalue weighted by molar-refractivity contribution is 0.543. The minimum absolute atomic E-state index is 0.0317. The van der Waals surface area contributed by atoms with Crippen LogP contribution >= 0.6 is 11.3 Å². The summed E-state index contributed by atoms with van der Waals surface area (Å²) in [6, 6.07) is -0.0317. The normalized spacial score (nSPS) is 12.9. The van der Waals surface area contributed by atoms with E-state index in [9.17, 15) is 0 Å². The van der Waals surface area contributed by atoms with Gasteiger partial charge < -0.3 is 0 Å². The molecule has 3 rings (SSSR count). The first-order valence-electron chi connectivity index (χ1n) is 5.49. The third-order valence-corrected chi connectivity index (χ3v) is 3.51. The average molecular weight is 260 g/mol. The predicted molar refractivity (Wildman–Crippen MR) is 68.9 cm³/mol. The molecular weight excluding hydrogens is 248 g/mol. The number of hydrogen-bond donors (Lipinski definition) is 2. The van der Waals surface area contributed by atoms with Gasteiger partial charge in [0.15, 0.2) is 4.96 Å². The van der Waals surface area contributed by atoms with Crippen LogP contribution in [0.3, 0.4) is 0 Å². The summed E-state index contributed by atoms with van der Waals surface area (Å²) < 4.78 is 2.01. The van der Waals surface area contributed by atoms with E-state index in [1.807, 2.05) is 22.2 Å². The molecule has 7 heteroatoms. The van der Waals surface area contributed by atoms with Crippen LogP contribution in [-0.4, -0.2) is 19.4 Å². The molecule has 1 unspecified atom stereocenters. The second-order valence-electron chi connectivity index (χ2n) is 3.92. The smallest absolute Gasteiger partial charge is 0.193 e. The summed E-state index contributed by atoms with van der Waals surface area (Å²) in [4.78, 5) is 13.5. The molecule has 0 saturated heterocycles. The van der Waals surface area contributed by atoms with Crippen molar-refractivity contribution >= 4 is 16.3 Å². The molecule has 3 aromatic heterocycles. The summed E-state index contributed by atoms with van der Waals surface area (Å²) in [6.07, 6.45) is 9.74. The number of imidazole rings is 1. The molecule has 0 aliphatic heterocycles. The van der Waals surface area contributed by atoms with E-state index in [1.165, 1.54) is 6.33 Å². The van der Waals surface area contributed by atoms with Gasteiger partial charge in [0.05, 0.1) is 11.7 Å². The van der Waals surface area contributed by atoms with Crippen molar-refractivity contribution in [1.82, 2.24) is 24.8 Å². The lowest BCUT2D eigenvalue weighted by Crippen LogP contribution is -2.29. The third-order valence-electron chi connectivity index (χ3n) is 2.74. The first-order valence-corrected chi connectivity index (χ1v) is 6.37. The zero-order chi connectivity index (χ0) is 12.4. The number of hydrazine groups is 1. The molecule has 3 N–H and O–H groups in total. The van der Waals surface area contributed by atoms with Gasteiger partial charge in [0.1, 0.15) is 6.33 Å². The lowest BCUT2D eigenvalue weighted by Gasteiger charge is -2.13. The molecular formula is C11H12N6S. The third kappa shape index (κ3) is 2.10. The van der Waals surface area contributed by atoms with E-state index in [4.69, 9.17) is 5.84 Å². The molecule has 0 aromatic carbocycles. The molecule has 3 aromatic rings. The zero-order valence-corrected chi connectivity index (χ0v) is 10.3. The minimum Gasteiger partial charge on any atom is -0.297 e. The number of nitrogens with two attached hydrogens (primary N) is 1. The van der Waals surface area contributed by atoms with E-state index in [0.29, 0.717) is 6.42 Å². The molecule has 1 atom stereocenters. The van der Waals surface area contributed by atoms with Gasteiger partial charge in [-0.3, -0.25) is 15.7 Å². The second kappa shape index (κ2) is 4.81. The summed E-state index contributed by atoms with van der Waals surface area (Å²) in [5.74, 6) is 5.58. The van der Waals surface area contributed by atoms with Gasteiger partial charge in [0.25, 0.3) is 0 Å². The molecule has 0 saturated carbocycles. The van der Waals surface area contributed by atoms with Gasteiger partial charge >= 0.3 is 0 Å². The van der Waals surface area contributed by atoms with Gasteiger partial charge in [-0.1, -0.05) is 0 Å². The molecule has 18 heavy (non-hydrogen) atoms. The Morgan fingerprint density at radius 1 is 1.39 bits per heavy atom. The molecule has 92 valence electrons. The predicted octanol–water partition coefficient (Wildman–Crippen LogP) is 0.933. The molecule has 0 aliphatic carbocycles. The van der Waals surface area contributed by atoms with Crippen LogP contribution < -0.4 is 11.3 Å². The highest BCUT2D eigenvalue weighted by molar-refractivity contribution is 7.15. The Labute approximate surface area is 107 Å². The lowest BCUT2D eigenvalue weighted by atomic mass is 10.1. The zero-order valence-electron chi connectivity index (χ0n) is 9.52. The van der Waals surface area contributed by atoms with Gasteiger partial charge in [-0.15, -0.1) is 11.3 Å². The Bertz CT molecular complexity index is 603. The first kappa shape index (κ1) is 11.3. The summed E-state index contributed by atoms with van der Waals surface area (Å²) in [5.41, 5.74) is 4.73. The van der Waals surface area contributed by atoms with Crippen LogP contribution in [0.15, 0.2) is 36.5 Å². The Kier molecular flexibility index (Phi) is 3.01. The molecule has 0 amide bonds. The van der Waals surface area contributed by atoms with E-state index in [0.717, 1.165) is 16.2 Å². The van der Waals surface area contributed by atoms with Crippen LogP contribution in [0, 0.1) is 0 Å². The van der Waals surface area contributed by atoms with Crippen molar-refractivity contribution in [1.29, 1.82) is 0 Å². The molecule has 3 heterocycles. The van der Waals surface area contributed by atoms with Gasteiger partial charge in [-0.25, -0.2) is 15.0 Å². The second-order valence-corrected chi connectivity index (χ2v) is 4.79. The summed E-state index contributed by atoms with van der Waals surface area (Å²) in [5, 5.41) is 2.01. The molecule has 0 spiro atoms. The van der Waals surface area contributed by atoms with Gasteiger partial charge in [-0.2, -0.15) is 0 Å². The van der Waals surface area contributed by atoms with Crippen LogP contribution in [0.1, 0.15) is 17.3 Å². The number of thiazole rings is 1. The van der Waals surface area contributed by atoms with Crippen LogP contribution in [0.2, 0.25) is 0 Å². The van der Waals surface area contributed by atoms with Crippen molar-refractivity contribution in [2.45, 2.75) is 12.5 Å². The maximum Gasteiger partial charge on any atom is 0.193 e. The fourth-order valence-electron chi connectivity index (χ4n) is 1.85. The number of fused-ring (bicyclic) bond motifs is 1. The highest BCUT2D eigenvalue weighted by Gasteiger charge is 2.13. The monoisotopic (exact) mass is 260 g/mol. The van der Waals surface area contributed by atoms with E-state index in [2.05, 4.69) is 20.4 Å². The quantitative estimate of drug-likeness (QED) is 0.539. The number of nitrogens with zero attached hydrogens (tertiary/aromatic N) is 4. The van der Waals surface area contributed by atoms with Crippen molar-refractivity contribution in [3.63, 3.8) is 0 Å². The maximum absolute atomic E-state index is 5.58. The average Bonchev–Trinajstić information content (AvgIpc) is 2.97. The van der Waals surface area contributed by atoms with E-state index in [-0.39, 0.29) is 6.04 Å². The van der Waals surface area contributed by atoms with Crippen molar-refractivity contribution in [2.75, 3.05) is 0 Å². The summed E-state index contributed by atoms with van der Waals surface area (Å²) >= 11 is 1.61. The molecule has 0 radical (unpaired) electrons. The topological polar surface area (TPSA) is 81.1 Å². The van der Waals surface area contributed by atoms with Gasteiger partial charge in [0.2, 0.25) is 0 Å². The maximum atomic E-state index is 5.58. The van der Waals surface area contributed by atoms with Crippen LogP contribution in [-0.2, 0) is 6.42 Å². The van der Waals surface area contributed by atoms with E-state index < -0.39 is 0 Å². The van der Waals surface area contributed by atoms with Crippen molar-refractivity contribution in [2.24, 2.45) is 5.84 Å². The Morgan fingerprint density at radius 2 is 2.22 bits per heavy atom. The fraction of sp³-hybridized carbons (Fsp3) is 0.182. The molecule has 0 fully saturated rings. The molecule has 0 bridgehead atoms. The fourth-order valence-corrected chi connectivity index (χ4v) is 2.57.